The summed E-state index contributed by atoms with van der Waals surface area (Å²) < 4.78 is 9.78. The molecule has 1 aromatic carbocycles. The minimum atomic E-state index is -0.518. The highest BCUT2D eigenvalue weighted by Crippen LogP contribution is 2.11. The van der Waals surface area contributed by atoms with Gasteiger partial charge in [0.15, 0.2) is 5.78 Å². The van der Waals surface area contributed by atoms with E-state index in [1.807, 2.05) is 0 Å². The third-order valence-electron chi connectivity index (χ3n) is 2.30. The summed E-state index contributed by atoms with van der Waals surface area (Å²) in [6.07, 6.45) is 0.137. The van der Waals surface area contributed by atoms with Crippen LogP contribution in [0.1, 0.15) is 16.8 Å². The number of carbonyl (C=O) groups excluding carboxylic acids is 2. The zero-order chi connectivity index (χ0) is 14.1. The lowest BCUT2D eigenvalue weighted by Gasteiger charge is -2.07. The zero-order valence-electron chi connectivity index (χ0n) is 10.6. The summed E-state index contributed by atoms with van der Waals surface area (Å²) in [7, 11) is 1.59. The van der Waals surface area contributed by atoms with Crippen LogP contribution in [0.2, 0.25) is 0 Å². The van der Waals surface area contributed by atoms with Gasteiger partial charge in [0.1, 0.15) is 0 Å². The summed E-state index contributed by atoms with van der Waals surface area (Å²) in [6.45, 7) is 0.858. The first-order chi connectivity index (χ1) is 9.17. The second-order valence-electron chi connectivity index (χ2n) is 3.74. The summed E-state index contributed by atoms with van der Waals surface area (Å²) in [5.74, 6) is -0.00584. The number of ether oxygens (including phenoxy) is 2. The summed E-state index contributed by atoms with van der Waals surface area (Å²) >= 11 is 3.10. The van der Waals surface area contributed by atoms with Gasteiger partial charge in [0, 0.05) is 31.4 Å². The quantitative estimate of drug-likeness (QED) is 0.474. The molecule has 0 bridgehead atoms. The van der Waals surface area contributed by atoms with Crippen LogP contribution in [0.15, 0.2) is 24.3 Å². The number of ketones is 1. The van der Waals surface area contributed by atoms with Gasteiger partial charge < -0.3 is 9.47 Å². The van der Waals surface area contributed by atoms with Crippen LogP contribution in [-0.2, 0) is 9.47 Å². The molecule has 0 aliphatic carbocycles. The number of hydrogen-bond acceptors (Lipinski definition) is 4. The predicted octanol–water partition coefficient (Wildman–Crippen LogP) is 2.85. The fourth-order valence-electron chi connectivity index (χ4n) is 1.34. The van der Waals surface area contributed by atoms with E-state index in [0.29, 0.717) is 30.9 Å². The molecule has 1 aromatic rings. The molecule has 1 rings (SSSR count). The number of alkyl halides is 1. The zero-order valence-corrected chi connectivity index (χ0v) is 12.2. The molecule has 1 amide bonds. The van der Waals surface area contributed by atoms with E-state index < -0.39 is 6.09 Å². The second-order valence-corrected chi connectivity index (χ2v) is 4.30. The molecular formula is C13H16BrNO4. The molecule has 0 aromatic heterocycles. The first-order valence-electron chi connectivity index (χ1n) is 5.79. The smallest absolute Gasteiger partial charge is 0.411 e. The molecule has 0 fully saturated rings. The van der Waals surface area contributed by atoms with Crippen LogP contribution in [0, 0.1) is 0 Å². The third-order valence-corrected chi connectivity index (χ3v) is 2.81. The van der Waals surface area contributed by atoms with Crippen molar-refractivity contribution in [3.8, 4) is 0 Å². The van der Waals surface area contributed by atoms with E-state index in [0.717, 1.165) is 0 Å². The van der Waals surface area contributed by atoms with E-state index >= 15 is 0 Å². The average Bonchev–Trinajstić information content (AvgIpc) is 2.43. The van der Waals surface area contributed by atoms with Gasteiger partial charge in [-0.25, -0.2) is 4.79 Å². The van der Waals surface area contributed by atoms with E-state index in [-0.39, 0.29) is 11.1 Å². The van der Waals surface area contributed by atoms with Crippen molar-refractivity contribution in [1.29, 1.82) is 0 Å². The van der Waals surface area contributed by atoms with Crippen molar-refractivity contribution in [1.82, 2.24) is 0 Å². The normalized spacial score (nSPS) is 10.0. The maximum Gasteiger partial charge on any atom is 0.411 e. The number of carbonyl (C=O) groups is 2. The highest BCUT2D eigenvalue weighted by atomic mass is 79.9. The first-order valence-corrected chi connectivity index (χ1v) is 6.91. The molecule has 0 radical (unpaired) electrons. The molecule has 6 heteroatoms. The van der Waals surface area contributed by atoms with Crippen LogP contribution < -0.4 is 5.32 Å². The van der Waals surface area contributed by atoms with Crippen molar-refractivity contribution in [2.24, 2.45) is 0 Å². The van der Waals surface area contributed by atoms with E-state index in [2.05, 4.69) is 21.2 Å². The van der Waals surface area contributed by atoms with Gasteiger partial charge in [-0.2, -0.15) is 0 Å². The molecule has 19 heavy (non-hydrogen) atoms. The Balaban J connectivity index is 2.40. The molecule has 0 aliphatic rings. The number of nitrogens with one attached hydrogen (secondary N) is 1. The lowest BCUT2D eigenvalue weighted by Crippen LogP contribution is -2.15. The Morgan fingerprint density at radius 3 is 2.47 bits per heavy atom. The van der Waals surface area contributed by atoms with Crippen LogP contribution in [0.5, 0.6) is 0 Å². The van der Waals surface area contributed by atoms with E-state index in [1.165, 1.54) is 0 Å². The Morgan fingerprint density at radius 1 is 1.21 bits per heavy atom. The van der Waals surface area contributed by atoms with Gasteiger partial charge >= 0.3 is 6.09 Å². The van der Waals surface area contributed by atoms with Gasteiger partial charge in [-0.3, -0.25) is 10.1 Å². The van der Waals surface area contributed by atoms with Crippen molar-refractivity contribution < 1.29 is 19.1 Å². The number of Topliss-reactive ketones (excluding diaryl/α,β-unsaturated/α-hetero) is 1. The largest absolute Gasteiger partial charge is 0.449 e. The summed E-state index contributed by atoms with van der Waals surface area (Å²) in [6, 6.07) is 6.63. The molecule has 1 N–H and O–H groups in total. The fourth-order valence-corrected chi connectivity index (χ4v) is 1.66. The number of hydrogen-bond donors (Lipinski definition) is 1. The highest BCUT2D eigenvalue weighted by molar-refractivity contribution is 9.09. The van der Waals surface area contributed by atoms with E-state index in [1.54, 1.807) is 31.4 Å². The van der Waals surface area contributed by atoms with Crippen molar-refractivity contribution in [3.63, 3.8) is 0 Å². The summed E-state index contributed by atoms with van der Waals surface area (Å²) in [5.41, 5.74) is 1.18. The topological polar surface area (TPSA) is 64.6 Å². The fraction of sp³-hybridized carbons (Fsp3) is 0.385. The number of amides is 1. The van der Waals surface area contributed by atoms with Crippen LogP contribution in [0.4, 0.5) is 10.5 Å². The Hall–Kier alpha value is -1.40. The number of methoxy groups -OCH3 is 1. The van der Waals surface area contributed by atoms with Crippen LogP contribution in [-0.4, -0.2) is 37.5 Å². The standard InChI is InChI=1S/C13H16BrNO4/c1-18-7-2-8-19-13(17)15-11-5-3-10(4-6-11)12(16)9-14/h3-6H,2,7-9H2,1H3,(H,15,17). The van der Waals surface area contributed by atoms with Crippen molar-refractivity contribution in [2.75, 3.05) is 31.0 Å². The maximum absolute atomic E-state index is 11.4. The van der Waals surface area contributed by atoms with Gasteiger partial charge in [-0.05, 0) is 24.3 Å². The summed E-state index contributed by atoms with van der Waals surface area (Å²) in [4.78, 5) is 22.8. The first kappa shape index (κ1) is 15.7. The van der Waals surface area contributed by atoms with Gasteiger partial charge in [0.25, 0.3) is 0 Å². The lowest BCUT2D eigenvalue weighted by molar-refractivity contribution is 0.102. The Labute approximate surface area is 120 Å². The minimum absolute atomic E-state index is 0.00584. The van der Waals surface area contributed by atoms with E-state index in [4.69, 9.17) is 9.47 Å². The average molecular weight is 330 g/mol. The molecule has 0 saturated carbocycles. The molecule has 104 valence electrons. The molecule has 0 heterocycles. The monoisotopic (exact) mass is 329 g/mol. The van der Waals surface area contributed by atoms with Crippen molar-refractivity contribution in [2.45, 2.75) is 6.42 Å². The van der Waals surface area contributed by atoms with Gasteiger partial charge in [0.05, 0.1) is 11.9 Å². The predicted molar refractivity (Wildman–Crippen MR) is 76.0 cm³/mol. The van der Waals surface area contributed by atoms with Crippen molar-refractivity contribution >= 4 is 33.5 Å². The SMILES string of the molecule is COCCCOC(=O)Nc1ccc(C(=O)CBr)cc1. The van der Waals surface area contributed by atoms with Gasteiger partial charge in [-0.15, -0.1) is 0 Å². The molecular weight excluding hydrogens is 314 g/mol. The van der Waals surface area contributed by atoms with Crippen LogP contribution in [0.3, 0.4) is 0 Å². The van der Waals surface area contributed by atoms with E-state index in [9.17, 15) is 9.59 Å². The molecule has 0 atom stereocenters. The number of anilines is 1. The molecule has 0 aliphatic heterocycles. The van der Waals surface area contributed by atoms with Gasteiger partial charge in [-0.1, -0.05) is 15.9 Å². The van der Waals surface area contributed by atoms with Crippen LogP contribution >= 0.6 is 15.9 Å². The molecule has 5 nitrogen and oxygen atoms in total. The van der Waals surface area contributed by atoms with Crippen LogP contribution in [0.25, 0.3) is 0 Å². The summed E-state index contributed by atoms with van der Waals surface area (Å²) in [5, 5.41) is 2.86. The van der Waals surface area contributed by atoms with Gasteiger partial charge in [0.2, 0.25) is 0 Å². The molecule has 0 spiro atoms. The Morgan fingerprint density at radius 2 is 1.89 bits per heavy atom. The number of rotatable bonds is 7. The molecule has 0 unspecified atom stereocenters. The Kier molecular flexibility index (Phi) is 7.14. The lowest BCUT2D eigenvalue weighted by atomic mass is 10.1. The number of benzene rings is 1. The third kappa shape index (κ3) is 5.85. The Bertz CT molecular complexity index is 419. The number of halogens is 1. The second kappa shape index (κ2) is 8.66. The highest BCUT2D eigenvalue weighted by Gasteiger charge is 2.05. The molecule has 0 saturated heterocycles. The maximum atomic E-state index is 11.4. The van der Waals surface area contributed by atoms with Crippen molar-refractivity contribution in [3.05, 3.63) is 29.8 Å². The minimum Gasteiger partial charge on any atom is -0.449 e.